The number of carbonyl (C=O) groups excluding carboxylic acids is 1. The summed E-state index contributed by atoms with van der Waals surface area (Å²) in [6, 6.07) is 7.08. The van der Waals surface area contributed by atoms with Crippen molar-refractivity contribution < 1.29 is 9.53 Å². The predicted molar refractivity (Wildman–Crippen MR) is 78.0 cm³/mol. The van der Waals surface area contributed by atoms with Crippen molar-refractivity contribution in [3.8, 4) is 5.69 Å². The molecule has 2 N–H and O–H groups in total. The van der Waals surface area contributed by atoms with E-state index in [4.69, 9.17) is 10.5 Å². The monoisotopic (exact) mass is 273 g/mol. The van der Waals surface area contributed by atoms with Crippen LogP contribution in [0.2, 0.25) is 0 Å². The van der Waals surface area contributed by atoms with Gasteiger partial charge in [0.05, 0.1) is 23.6 Å². The van der Waals surface area contributed by atoms with Crippen LogP contribution >= 0.6 is 0 Å². The first-order chi connectivity index (χ1) is 9.52. The Labute approximate surface area is 118 Å². The van der Waals surface area contributed by atoms with Crippen molar-refractivity contribution in [2.75, 3.05) is 12.3 Å². The number of anilines is 1. The zero-order valence-electron chi connectivity index (χ0n) is 12.0. The molecule has 5 heteroatoms. The van der Waals surface area contributed by atoms with E-state index in [9.17, 15) is 4.79 Å². The molecule has 1 heterocycles. The van der Waals surface area contributed by atoms with Crippen molar-refractivity contribution in [2.24, 2.45) is 0 Å². The molecule has 1 aromatic carbocycles. The first-order valence-electron chi connectivity index (χ1n) is 6.65. The number of hydrogen-bond acceptors (Lipinski definition) is 4. The number of hydrogen-bond donors (Lipinski definition) is 1. The molecule has 0 radical (unpaired) electrons. The minimum atomic E-state index is -0.392. The fourth-order valence-electron chi connectivity index (χ4n) is 1.91. The number of nitrogen functional groups attached to an aromatic ring is 1. The lowest BCUT2D eigenvalue weighted by Gasteiger charge is -2.10. The molecule has 0 spiro atoms. The van der Waals surface area contributed by atoms with Crippen LogP contribution in [0.5, 0.6) is 0 Å². The standard InChI is InChI=1S/C15H19N3O2/c1-4-20-15(19)12-9-11(16)5-6-14(12)18-8-7-13(17-18)10(2)3/h5-10H,4,16H2,1-3H3. The summed E-state index contributed by atoms with van der Waals surface area (Å²) in [4.78, 5) is 12.0. The highest BCUT2D eigenvalue weighted by Gasteiger charge is 2.15. The lowest BCUT2D eigenvalue weighted by Crippen LogP contribution is -2.11. The van der Waals surface area contributed by atoms with E-state index >= 15 is 0 Å². The Hall–Kier alpha value is -2.30. The van der Waals surface area contributed by atoms with E-state index in [-0.39, 0.29) is 0 Å². The topological polar surface area (TPSA) is 70.1 Å². The highest BCUT2D eigenvalue weighted by Crippen LogP contribution is 2.20. The average molecular weight is 273 g/mol. The van der Waals surface area contributed by atoms with Gasteiger partial charge >= 0.3 is 5.97 Å². The van der Waals surface area contributed by atoms with Crippen LogP contribution in [0.3, 0.4) is 0 Å². The second-order valence-corrected chi connectivity index (χ2v) is 4.84. The van der Waals surface area contributed by atoms with E-state index in [2.05, 4.69) is 18.9 Å². The Kier molecular flexibility index (Phi) is 4.08. The smallest absolute Gasteiger partial charge is 0.340 e. The number of aromatic nitrogens is 2. The van der Waals surface area contributed by atoms with Crippen molar-refractivity contribution in [3.63, 3.8) is 0 Å². The molecule has 0 amide bonds. The molecular weight excluding hydrogens is 254 g/mol. The molecule has 0 saturated heterocycles. The molecule has 0 unspecified atom stereocenters. The van der Waals surface area contributed by atoms with Crippen molar-refractivity contribution in [3.05, 3.63) is 41.7 Å². The van der Waals surface area contributed by atoms with Crippen molar-refractivity contribution in [2.45, 2.75) is 26.7 Å². The summed E-state index contributed by atoms with van der Waals surface area (Å²) >= 11 is 0. The van der Waals surface area contributed by atoms with Gasteiger partial charge in [-0.3, -0.25) is 0 Å². The highest BCUT2D eigenvalue weighted by atomic mass is 16.5. The molecule has 0 bridgehead atoms. The lowest BCUT2D eigenvalue weighted by molar-refractivity contribution is 0.0526. The summed E-state index contributed by atoms with van der Waals surface area (Å²) < 4.78 is 6.75. The fraction of sp³-hybridized carbons (Fsp3) is 0.333. The molecule has 0 saturated carbocycles. The van der Waals surface area contributed by atoms with Gasteiger partial charge < -0.3 is 10.5 Å². The summed E-state index contributed by atoms with van der Waals surface area (Å²) in [5.74, 6) is -0.0625. The minimum absolute atomic E-state index is 0.323. The maximum absolute atomic E-state index is 12.0. The summed E-state index contributed by atoms with van der Waals surface area (Å²) in [5.41, 5.74) is 8.34. The molecule has 5 nitrogen and oxygen atoms in total. The van der Waals surface area contributed by atoms with Gasteiger partial charge in [0.15, 0.2) is 0 Å². The van der Waals surface area contributed by atoms with Gasteiger partial charge in [-0.05, 0) is 37.1 Å². The van der Waals surface area contributed by atoms with Gasteiger partial charge in [0.25, 0.3) is 0 Å². The Morgan fingerprint density at radius 1 is 1.40 bits per heavy atom. The molecule has 2 rings (SSSR count). The molecule has 0 atom stereocenters. The van der Waals surface area contributed by atoms with Gasteiger partial charge in [-0.15, -0.1) is 0 Å². The van der Waals surface area contributed by atoms with Crippen LogP contribution in [0.1, 0.15) is 42.7 Å². The van der Waals surface area contributed by atoms with Crippen molar-refractivity contribution in [1.82, 2.24) is 9.78 Å². The molecule has 0 aliphatic carbocycles. The summed E-state index contributed by atoms with van der Waals surface area (Å²) in [6.45, 7) is 6.24. The second kappa shape index (κ2) is 5.77. The molecule has 106 valence electrons. The van der Waals surface area contributed by atoms with Gasteiger partial charge in [-0.1, -0.05) is 13.8 Å². The quantitative estimate of drug-likeness (QED) is 0.687. The first kappa shape index (κ1) is 14.1. The van der Waals surface area contributed by atoms with E-state index < -0.39 is 5.97 Å². The van der Waals surface area contributed by atoms with Gasteiger partial charge in [-0.2, -0.15) is 5.10 Å². The maximum atomic E-state index is 12.0. The van der Waals surface area contributed by atoms with E-state index in [1.54, 1.807) is 29.8 Å². The Balaban J connectivity index is 2.46. The third kappa shape index (κ3) is 2.82. The Morgan fingerprint density at radius 2 is 2.15 bits per heavy atom. The Morgan fingerprint density at radius 3 is 2.75 bits per heavy atom. The molecule has 2 aromatic rings. The number of nitrogens with zero attached hydrogens (tertiary/aromatic N) is 2. The zero-order valence-corrected chi connectivity index (χ0v) is 12.0. The van der Waals surface area contributed by atoms with Gasteiger partial charge in [0.1, 0.15) is 0 Å². The molecular formula is C15H19N3O2. The third-order valence-electron chi connectivity index (χ3n) is 2.96. The number of esters is 1. The van der Waals surface area contributed by atoms with Gasteiger partial charge in [0.2, 0.25) is 0 Å². The number of nitrogens with two attached hydrogens (primary N) is 1. The van der Waals surface area contributed by atoms with Crippen LogP contribution in [0, 0.1) is 0 Å². The summed E-state index contributed by atoms with van der Waals surface area (Å²) in [7, 11) is 0. The SMILES string of the molecule is CCOC(=O)c1cc(N)ccc1-n1ccc(C(C)C)n1. The first-order valence-corrected chi connectivity index (χ1v) is 6.65. The summed E-state index contributed by atoms with van der Waals surface area (Å²) in [5, 5.41) is 4.48. The average Bonchev–Trinajstić information content (AvgIpc) is 2.88. The largest absolute Gasteiger partial charge is 0.462 e. The molecule has 0 fully saturated rings. The van der Waals surface area contributed by atoms with E-state index in [1.165, 1.54) is 0 Å². The van der Waals surface area contributed by atoms with Crippen LogP contribution in [0.25, 0.3) is 5.69 Å². The van der Waals surface area contributed by atoms with Crippen molar-refractivity contribution >= 4 is 11.7 Å². The lowest BCUT2D eigenvalue weighted by atomic mass is 10.1. The minimum Gasteiger partial charge on any atom is -0.462 e. The maximum Gasteiger partial charge on any atom is 0.340 e. The normalized spacial score (nSPS) is 10.8. The Bertz CT molecular complexity index is 617. The number of benzene rings is 1. The number of ether oxygens (including phenoxy) is 1. The van der Waals surface area contributed by atoms with Crippen LogP contribution in [0.4, 0.5) is 5.69 Å². The van der Waals surface area contributed by atoms with E-state index in [0.29, 0.717) is 29.5 Å². The summed E-state index contributed by atoms with van der Waals surface area (Å²) in [6.07, 6.45) is 1.84. The van der Waals surface area contributed by atoms with Gasteiger partial charge in [0, 0.05) is 11.9 Å². The van der Waals surface area contributed by atoms with Crippen molar-refractivity contribution in [1.29, 1.82) is 0 Å². The second-order valence-electron chi connectivity index (χ2n) is 4.84. The van der Waals surface area contributed by atoms with Crippen LogP contribution < -0.4 is 5.73 Å². The van der Waals surface area contributed by atoms with Gasteiger partial charge in [-0.25, -0.2) is 9.48 Å². The fourth-order valence-corrected chi connectivity index (χ4v) is 1.91. The molecule has 0 aliphatic heterocycles. The molecule has 20 heavy (non-hydrogen) atoms. The molecule has 0 aliphatic rings. The van der Waals surface area contributed by atoms with Crippen LogP contribution in [-0.2, 0) is 4.74 Å². The van der Waals surface area contributed by atoms with Crippen LogP contribution in [-0.4, -0.2) is 22.4 Å². The van der Waals surface area contributed by atoms with E-state index in [0.717, 1.165) is 5.69 Å². The predicted octanol–water partition coefficient (Wildman–Crippen LogP) is 2.75. The van der Waals surface area contributed by atoms with E-state index in [1.807, 2.05) is 12.3 Å². The third-order valence-corrected chi connectivity index (χ3v) is 2.96. The zero-order chi connectivity index (χ0) is 14.7. The number of carbonyl (C=O) groups is 1. The van der Waals surface area contributed by atoms with Crippen LogP contribution in [0.15, 0.2) is 30.5 Å². The molecule has 1 aromatic heterocycles. The highest BCUT2D eigenvalue weighted by molar-refractivity contribution is 5.94. The number of rotatable bonds is 4.